The molecule has 0 saturated carbocycles. The number of halogens is 1. The van der Waals surface area contributed by atoms with Gasteiger partial charge in [0.05, 0.1) is 6.20 Å². The van der Waals surface area contributed by atoms with Crippen molar-refractivity contribution in [1.82, 2.24) is 14.8 Å². The number of hydrogen-bond donors (Lipinski definition) is 0. The van der Waals surface area contributed by atoms with Crippen LogP contribution in [-0.4, -0.2) is 60.3 Å². The minimum Gasteiger partial charge on any atom is -0.304 e. The lowest BCUT2D eigenvalue weighted by molar-refractivity contribution is 0.0889. The molecule has 0 amide bonds. The van der Waals surface area contributed by atoms with Crippen LogP contribution in [0, 0.1) is 11.7 Å². The third-order valence-corrected chi connectivity index (χ3v) is 4.21. The fourth-order valence-electron chi connectivity index (χ4n) is 2.97. The number of hydrogen-bond acceptors (Lipinski definition) is 4. The maximum atomic E-state index is 12.8. The van der Waals surface area contributed by atoms with E-state index < -0.39 is 5.82 Å². The first-order chi connectivity index (χ1) is 9.97. The van der Waals surface area contributed by atoms with Gasteiger partial charge in [-0.25, -0.2) is 4.39 Å². The average molecular weight is 293 g/mol. The van der Waals surface area contributed by atoms with Crippen molar-refractivity contribution in [1.29, 1.82) is 0 Å². The smallest absolute Gasteiger partial charge is 0.185 e. The van der Waals surface area contributed by atoms with Gasteiger partial charge >= 0.3 is 0 Å². The van der Waals surface area contributed by atoms with Crippen LogP contribution in [-0.2, 0) is 0 Å². The Morgan fingerprint density at radius 2 is 2.33 bits per heavy atom. The summed E-state index contributed by atoms with van der Waals surface area (Å²) in [5.41, 5.74) is 0.343. The molecule has 116 valence electrons. The van der Waals surface area contributed by atoms with Crippen LogP contribution in [0.3, 0.4) is 0 Å². The number of nitrogens with zero attached hydrogens (tertiary/aromatic N) is 3. The number of carbonyl (C=O) groups excluding carboxylic acids is 1. The molecule has 1 aliphatic heterocycles. The van der Waals surface area contributed by atoms with Crippen molar-refractivity contribution in [3.8, 4) is 0 Å². The van der Waals surface area contributed by atoms with Crippen LogP contribution < -0.4 is 0 Å². The zero-order valence-electron chi connectivity index (χ0n) is 13.1. The quantitative estimate of drug-likeness (QED) is 0.752. The molecule has 0 bridgehead atoms. The van der Waals surface area contributed by atoms with Crippen molar-refractivity contribution in [3.63, 3.8) is 0 Å². The lowest BCUT2D eigenvalue weighted by Crippen LogP contribution is -2.39. The Balaban J connectivity index is 1.86. The summed E-state index contributed by atoms with van der Waals surface area (Å²) >= 11 is 0. The molecule has 0 radical (unpaired) electrons. The summed E-state index contributed by atoms with van der Waals surface area (Å²) in [5, 5.41) is 0. The molecule has 1 aromatic heterocycles. The monoisotopic (exact) mass is 293 g/mol. The third-order valence-electron chi connectivity index (χ3n) is 4.21. The van der Waals surface area contributed by atoms with Gasteiger partial charge in [-0.2, -0.15) is 0 Å². The lowest BCUT2D eigenvalue weighted by Gasteiger charge is -2.27. The SMILES string of the molecule is CC(CN(C)CC1CCCN1C)C(=O)c1ccc(F)cn1. The second-order valence-electron chi connectivity index (χ2n) is 6.12. The normalized spacial score (nSPS) is 20.9. The molecule has 1 saturated heterocycles. The van der Waals surface area contributed by atoms with Crippen molar-refractivity contribution in [2.45, 2.75) is 25.8 Å². The van der Waals surface area contributed by atoms with Gasteiger partial charge in [-0.3, -0.25) is 9.78 Å². The number of carbonyl (C=O) groups is 1. The topological polar surface area (TPSA) is 36.4 Å². The summed E-state index contributed by atoms with van der Waals surface area (Å²) in [4.78, 5) is 20.7. The van der Waals surface area contributed by atoms with Crippen LogP contribution >= 0.6 is 0 Å². The Hall–Kier alpha value is -1.33. The molecular weight excluding hydrogens is 269 g/mol. The van der Waals surface area contributed by atoms with Gasteiger partial charge in [0.2, 0.25) is 0 Å². The third kappa shape index (κ3) is 4.32. The number of pyridine rings is 1. The van der Waals surface area contributed by atoms with Gasteiger partial charge in [-0.15, -0.1) is 0 Å². The standard InChI is InChI=1S/C16H24FN3O/c1-12(16(21)15-7-6-13(17)9-18-15)10-19(2)11-14-5-4-8-20(14)3/h6-7,9,12,14H,4-5,8,10-11H2,1-3H3. The lowest BCUT2D eigenvalue weighted by atomic mass is 10.0. The van der Waals surface area contributed by atoms with Crippen molar-refractivity contribution in [2.75, 3.05) is 33.7 Å². The van der Waals surface area contributed by atoms with E-state index in [2.05, 4.69) is 21.8 Å². The minimum atomic E-state index is -0.416. The predicted molar refractivity (Wildman–Crippen MR) is 80.8 cm³/mol. The van der Waals surface area contributed by atoms with Gasteiger partial charge in [-0.05, 0) is 45.6 Å². The number of rotatable bonds is 6. The Bertz CT molecular complexity index is 477. The summed E-state index contributed by atoms with van der Waals surface area (Å²) in [6.07, 6.45) is 3.57. The Kier molecular flexibility index (Phi) is 5.42. The first-order valence-corrected chi connectivity index (χ1v) is 7.52. The molecule has 2 unspecified atom stereocenters. The van der Waals surface area contributed by atoms with E-state index >= 15 is 0 Å². The zero-order chi connectivity index (χ0) is 15.4. The van der Waals surface area contributed by atoms with E-state index in [9.17, 15) is 9.18 Å². The van der Waals surface area contributed by atoms with Crippen LogP contribution in [0.2, 0.25) is 0 Å². The van der Waals surface area contributed by atoms with E-state index in [0.29, 0.717) is 18.3 Å². The summed E-state index contributed by atoms with van der Waals surface area (Å²) in [5.74, 6) is -0.582. The minimum absolute atomic E-state index is 0.0263. The summed E-state index contributed by atoms with van der Waals surface area (Å²) in [7, 11) is 4.20. The van der Waals surface area contributed by atoms with E-state index in [0.717, 1.165) is 19.3 Å². The molecule has 1 aromatic rings. The van der Waals surface area contributed by atoms with Gasteiger partial charge in [0.15, 0.2) is 5.78 Å². The molecule has 2 rings (SSSR count). The van der Waals surface area contributed by atoms with E-state index in [-0.39, 0.29) is 11.7 Å². The van der Waals surface area contributed by atoms with Gasteiger partial charge in [0.25, 0.3) is 0 Å². The highest BCUT2D eigenvalue weighted by molar-refractivity contribution is 5.95. The zero-order valence-corrected chi connectivity index (χ0v) is 13.1. The number of Topliss-reactive ketones (excluding diaryl/α,β-unsaturated/α-hetero) is 1. The second-order valence-corrected chi connectivity index (χ2v) is 6.12. The van der Waals surface area contributed by atoms with Crippen molar-refractivity contribution < 1.29 is 9.18 Å². The summed E-state index contributed by atoms with van der Waals surface area (Å²) in [6.45, 7) is 4.74. The fourth-order valence-corrected chi connectivity index (χ4v) is 2.97. The average Bonchev–Trinajstić information content (AvgIpc) is 2.84. The van der Waals surface area contributed by atoms with E-state index in [1.165, 1.54) is 25.0 Å². The highest BCUT2D eigenvalue weighted by Crippen LogP contribution is 2.16. The Morgan fingerprint density at radius 1 is 1.57 bits per heavy atom. The number of ketones is 1. The van der Waals surface area contributed by atoms with E-state index in [1.54, 1.807) is 0 Å². The summed E-state index contributed by atoms with van der Waals surface area (Å²) < 4.78 is 12.8. The molecule has 0 aliphatic carbocycles. The first-order valence-electron chi connectivity index (χ1n) is 7.52. The van der Waals surface area contributed by atoms with Crippen molar-refractivity contribution in [3.05, 3.63) is 29.8 Å². The first kappa shape index (κ1) is 16.0. The van der Waals surface area contributed by atoms with E-state index in [4.69, 9.17) is 0 Å². The fraction of sp³-hybridized carbons (Fsp3) is 0.625. The predicted octanol–water partition coefficient (Wildman–Crippen LogP) is 2.07. The molecule has 0 N–H and O–H groups in total. The molecule has 1 fully saturated rings. The highest BCUT2D eigenvalue weighted by atomic mass is 19.1. The molecule has 21 heavy (non-hydrogen) atoms. The molecule has 2 atom stereocenters. The van der Waals surface area contributed by atoms with Crippen LogP contribution in [0.1, 0.15) is 30.3 Å². The summed E-state index contributed by atoms with van der Waals surface area (Å²) in [6, 6.07) is 3.32. The van der Waals surface area contributed by atoms with Crippen molar-refractivity contribution >= 4 is 5.78 Å². The highest BCUT2D eigenvalue weighted by Gasteiger charge is 2.24. The molecule has 5 heteroatoms. The van der Waals surface area contributed by atoms with Gasteiger partial charge in [-0.1, -0.05) is 6.92 Å². The van der Waals surface area contributed by atoms with Crippen molar-refractivity contribution in [2.24, 2.45) is 5.92 Å². The van der Waals surface area contributed by atoms with Crippen LogP contribution in [0.15, 0.2) is 18.3 Å². The molecule has 1 aliphatic rings. The maximum absolute atomic E-state index is 12.8. The maximum Gasteiger partial charge on any atom is 0.185 e. The Morgan fingerprint density at radius 3 is 2.90 bits per heavy atom. The van der Waals surface area contributed by atoms with Crippen LogP contribution in [0.25, 0.3) is 0 Å². The van der Waals surface area contributed by atoms with Gasteiger partial charge in [0, 0.05) is 25.0 Å². The van der Waals surface area contributed by atoms with Gasteiger partial charge < -0.3 is 9.80 Å². The number of likely N-dealkylation sites (N-methyl/N-ethyl adjacent to an activating group) is 2. The molecular formula is C16H24FN3O. The van der Waals surface area contributed by atoms with Crippen LogP contribution in [0.5, 0.6) is 0 Å². The Labute approximate surface area is 126 Å². The molecule has 2 heterocycles. The van der Waals surface area contributed by atoms with Gasteiger partial charge in [0.1, 0.15) is 11.5 Å². The molecule has 0 spiro atoms. The second kappa shape index (κ2) is 7.09. The number of likely N-dealkylation sites (tertiary alicyclic amines) is 1. The van der Waals surface area contributed by atoms with Crippen LogP contribution in [0.4, 0.5) is 4.39 Å². The number of aromatic nitrogens is 1. The largest absolute Gasteiger partial charge is 0.304 e. The molecule has 0 aromatic carbocycles. The van der Waals surface area contributed by atoms with E-state index in [1.807, 2.05) is 14.0 Å². The molecule has 4 nitrogen and oxygen atoms in total.